The van der Waals surface area contributed by atoms with Crippen molar-refractivity contribution >= 4 is 5.97 Å². The Labute approximate surface area is 110 Å². The fraction of sp³-hybridized carbons (Fsp3) is 0.929. The van der Waals surface area contributed by atoms with Crippen molar-refractivity contribution in [1.29, 1.82) is 0 Å². The van der Waals surface area contributed by atoms with E-state index in [2.05, 4.69) is 11.8 Å². The molecule has 0 spiro atoms. The van der Waals surface area contributed by atoms with E-state index < -0.39 is 0 Å². The summed E-state index contributed by atoms with van der Waals surface area (Å²) in [5.41, 5.74) is 0.120. The number of aliphatic hydroxyl groups is 1. The molecule has 0 aromatic heterocycles. The predicted octanol–water partition coefficient (Wildman–Crippen LogP) is 1.81. The molecule has 1 heterocycles. The highest BCUT2D eigenvalue weighted by molar-refractivity contribution is 5.69. The molecular formula is C14H27NO3. The van der Waals surface area contributed by atoms with Gasteiger partial charge in [-0.2, -0.15) is 0 Å². The molecule has 4 nitrogen and oxygen atoms in total. The summed E-state index contributed by atoms with van der Waals surface area (Å²) < 4.78 is 5.12. The van der Waals surface area contributed by atoms with Crippen LogP contribution in [0, 0.1) is 5.41 Å². The first-order valence-corrected chi connectivity index (χ1v) is 7.04. The van der Waals surface area contributed by atoms with E-state index in [4.69, 9.17) is 4.74 Å². The minimum Gasteiger partial charge on any atom is -0.463 e. The zero-order chi connectivity index (χ0) is 13.6. The van der Waals surface area contributed by atoms with E-state index in [9.17, 15) is 9.90 Å². The third-order valence-electron chi connectivity index (χ3n) is 4.00. The van der Waals surface area contributed by atoms with E-state index in [1.165, 1.54) is 0 Å². The van der Waals surface area contributed by atoms with Crippen molar-refractivity contribution in [1.82, 2.24) is 4.90 Å². The van der Waals surface area contributed by atoms with Crippen molar-refractivity contribution in [2.75, 3.05) is 26.2 Å². The van der Waals surface area contributed by atoms with Crippen molar-refractivity contribution in [3.8, 4) is 0 Å². The largest absolute Gasteiger partial charge is 0.463 e. The topological polar surface area (TPSA) is 49.8 Å². The third-order valence-corrected chi connectivity index (χ3v) is 4.00. The van der Waals surface area contributed by atoms with Crippen molar-refractivity contribution in [2.45, 2.75) is 52.6 Å². The average molecular weight is 257 g/mol. The van der Waals surface area contributed by atoms with E-state index in [1.807, 2.05) is 13.8 Å². The average Bonchev–Trinajstić information content (AvgIpc) is 2.36. The van der Waals surface area contributed by atoms with Gasteiger partial charge < -0.3 is 14.7 Å². The van der Waals surface area contributed by atoms with Crippen molar-refractivity contribution in [3.05, 3.63) is 0 Å². The number of carbonyl (C=O) groups is 1. The van der Waals surface area contributed by atoms with Gasteiger partial charge in [0, 0.05) is 13.2 Å². The summed E-state index contributed by atoms with van der Waals surface area (Å²) in [5.74, 6) is -0.112. The minimum absolute atomic E-state index is 0.0269. The van der Waals surface area contributed by atoms with Gasteiger partial charge >= 0.3 is 5.97 Å². The summed E-state index contributed by atoms with van der Waals surface area (Å²) >= 11 is 0. The molecule has 106 valence electrons. The molecule has 0 aliphatic carbocycles. The smallest absolute Gasteiger partial charge is 0.307 e. The second kappa shape index (κ2) is 7.10. The van der Waals surface area contributed by atoms with Crippen LogP contribution in [0.1, 0.15) is 46.5 Å². The van der Waals surface area contributed by atoms with Crippen molar-refractivity contribution in [3.63, 3.8) is 0 Å². The Kier molecular flexibility index (Phi) is 6.09. The van der Waals surface area contributed by atoms with Gasteiger partial charge in [-0.05, 0) is 51.6 Å². The number of ether oxygens (including phenoxy) is 1. The number of rotatable bonds is 6. The predicted molar refractivity (Wildman–Crippen MR) is 71.3 cm³/mol. The number of hydrogen-bond acceptors (Lipinski definition) is 4. The Hall–Kier alpha value is -0.610. The second-order valence-electron chi connectivity index (χ2n) is 5.64. The zero-order valence-corrected chi connectivity index (χ0v) is 11.9. The quantitative estimate of drug-likeness (QED) is 0.737. The fourth-order valence-electron chi connectivity index (χ4n) is 2.45. The number of aliphatic hydroxyl groups excluding tert-OH is 1. The highest BCUT2D eigenvalue weighted by Gasteiger charge is 2.32. The highest BCUT2D eigenvalue weighted by atomic mass is 16.5. The van der Waals surface area contributed by atoms with Crippen LogP contribution >= 0.6 is 0 Å². The van der Waals surface area contributed by atoms with Gasteiger partial charge in [0.2, 0.25) is 0 Å². The fourth-order valence-corrected chi connectivity index (χ4v) is 2.45. The van der Waals surface area contributed by atoms with Gasteiger partial charge in [-0.25, -0.2) is 0 Å². The first-order valence-electron chi connectivity index (χ1n) is 7.04. The maximum atomic E-state index is 11.4. The molecule has 0 bridgehead atoms. The maximum absolute atomic E-state index is 11.4. The molecule has 0 unspecified atom stereocenters. The summed E-state index contributed by atoms with van der Waals surface area (Å²) in [6.07, 6.45) is 3.53. The van der Waals surface area contributed by atoms with Crippen LogP contribution in [0.4, 0.5) is 0 Å². The normalized spacial score (nSPS) is 20.1. The Morgan fingerprint density at radius 2 is 2.00 bits per heavy atom. The molecule has 0 aromatic carbocycles. The Bertz CT molecular complexity index is 252. The molecule has 18 heavy (non-hydrogen) atoms. The lowest BCUT2D eigenvalue weighted by Crippen LogP contribution is -2.42. The number of nitrogens with zero attached hydrogens (tertiary/aromatic N) is 1. The Morgan fingerprint density at radius 3 is 2.44 bits per heavy atom. The van der Waals surface area contributed by atoms with Crippen LogP contribution in [-0.4, -0.2) is 48.3 Å². The van der Waals surface area contributed by atoms with E-state index in [0.717, 1.165) is 38.9 Å². The van der Waals surface area contributed by atoms with Crippen LogP contribution in [0.15, 0.2) is 0 Å². The van der Waals surface area contributed by atoms with E-state index in [0.29, 0.717) is 6.42 Å². The Morgan fingerprint density at radius 1 is 1.39 bits per heavy atom. The van der Waals surface area contributed by atoms with E-state index in [1.54, 1.807) is 0 Å². The van der Waals surface area contributed by atoms with E-state index >= 15 is 0 Å². The number of piperidine rings is 1. The van der Waals surface area contributed by atoms with Crippen molar-refractivity contribution < 1.29 is 14.6 Å². The number of esters is 1. The molecule has 1 fully saturated rings. The molecule has 1 rings (SSSR count). The molecule has 0 atom stereocenters. The van der Waals surface area contributed by atoms with Gasteiger partial charge in [-0.3, -0.25) is 4.79 Å². The van der Waals surface area contributed by atoms with Crippen LogP contribution in [0.25, 0.3) is 0 Å². The Balaban J connectivity index is 2.25. The molecule has 0 amide bonds. The maximum Gasteiger partial charge on any atom is 0.307 e. The second-order valence-corrected chi connectivity index (χ2v) is 5.64. The molecule has 1 aliphatic rings. The summed E-state index contributed by atoms with van der Waals surface area (Å²) in [4.78, 5) is 13.7. The van der Waals surface area contributed by atoms with Gasteiger partial charge in [-0.15, -0.1) is 0 Å². The van der Waals surface area contributed by atoms with Crippen LogP contribution in [0.2, 0.25) is 0 Å². The first kappa shape index (κ1) is 15.4. The lowest BCUT2D eigenvalue weighted by Gasteiger charge is -2.40. The first-order chi connectivity index (χ1) is 8.51. The van der Waals surface area contributed by atoms with Crippen LogP contribution < -0.4 is 0 Å². The summed E-state index contributed by atoms with van der Waals surface area (Å²) in [6.45, 7) is 8.90. The lowest BCUT2D eigenvalue weighted by molar-refractivity contribution is -0.147. The van der Waals surface area contributed by atoms with Crippen molar-refractivity contribution in [2.24, 2.45) is 5.41 Å². The number of carbonyl (C=O) groups excluding carboxylic acids is 1. The molecular weight excluding hydrogens is 230 g/mol. The third kappa shape index (κ3) is 4.58. The van der Waals surface area contributed by atoms with Crippen LogP contribution in [0.5, 0.6) is 0 Å². The SMILES string of the molecule is CCC1(CO)CCN(CCC(=O)OC(C)C)CC1. The van der Waals surface area contributed by atoms with E-state index in [-0.39, 0.29) is 24.1 Å². The zero-order valence-electron chi connectivity index (χ0n) is 11.9. The molecule has 1 aliphatic heterocycles. The molecule has 0 saturated carbocycles. The molecule has 0 radical (unpaired) electrons. The van der Waals surface area contributed by atoms with Gasteiger partial charge in [-0.1, -0.05) is 6.92 Å². The lowest BCUT2D eigenvalue weighted by atomic mass is 9.77. The standard InChI is InChI=1S/C14H27NO3/c1-4-14(11-16)6-9-15(10-7-14)8-5-13(17)18-12(2)3/h12,16H,4-11H2,1-3H3. The monoisotopic (exact) mass is 257 g/mol. The minimum atomic E-state index is -0.112. The van der Waals surface area contributed by atoms with Gasteiger partial charge in [0.25, 0.3) is 0 Å². The molecule has 0 aromatic rings. The number of hydrogen-bond donors (Lipinski definition) is 1. The van der Waals surface area contributed by atoms with Gasteiger partial charge in [0.05, 0.1) is 12.5 Å². The number of likely N-dealkylation sites (tertiary alicyclic amines) is 1. The highest BCUT2D eigenvalue weighted by Crippen LogP contribution is 2.34. The van der Waals surface area contributed by atoms with Gasteiger partial charge in [0.1, 0.15) is 0 Å². The van der Waals surface area contributed by atoms with Crippen LogP contribution in [0.3, 0.4) is 0 Å². The molecule has 1 saturated heterocycles. The summed E-state index contributed by atoms with van der Waals surface area (Å²) in [5, 5.41) is 9.45. The summed E-state index contributed by atoms with van der Waals surface area (Å²) in [7, 11) is 0. The van der Waals surface area contributed by atoms with Gasteiger partial charge in [0.15, 0.2) is 0 Å². The van der Waals surface area contributed by atoms with Crippen LogP contribution in [-0.2, 0) is 9.53 Å². The molecule has 4 heteroatoms. The summed E-state index contributed by atoms with van der Waals surface area (Å²) in [6, 6.07) is 0. The molecule has 1 N–H and O–H groups in total.